The van der Waals surface area contributed by atoms with Gasteiger partial charge in [0, 0.05) is 37.1 Å². The van der Waals surface area contributed by atoms with E-state index < -0.39 is 0 Å². The number of hydrogen-bond donors (Lipinski definition) is 0. The quantitative estimate of drug-likeness (QED) is 0.150. The molecule has 0 saturated heterocycles. The molecule has 2 heteroatoms. The van der Waals surface area contributed by atoms with Crippen molar-refractivity contribution >= 4 is 48.6 Å². The zero-order valence-electron chi connectivity index (χ0n) is 30.7. The van der Waals surface area contributed by atoms with Crippen LogP contribution in [0, 0.1) is 0 Å². The molecule has 0 spiro atoms. The summed E-state index contributed by atoms with van der Waals surface area (Å²) in [4.78, 5) is 2.47. The van der Waals surface area contributed by atoms with Crippen LogP contribution < -0.4 is 4.90 Å². The third kappa shape index (κ3) is 6.26. The number of para-hydroxylation sites is 1. The standard InChI is InChI=1S/C54H37NS/c1-4-18-38(19-5-1)41-34-42(39-20-6-2-7-21-39)36-44(35-41)55(43-32-33-54-51(37-43)50-29-15-17-31-53(50)56-54)52-30-16-14-28-49(52)48-27-13-12-26-47(48)46-25-11-10-24-45(46)40-22-8-3-9-23-40/h1-37H. The second-order valence-corrected chi connectivity index (χ2v) is 15.2. The predicted octanol–water partition coefficient (Wildman–Crippen LogP) is 15.9. The summed E-state index contributed by atoms with van der Waals surface area (Å²) in [6, 6.07) is 81.5. The van der Waals surface area contributed by atoms with E-state index in [0.717, 1.165) is 22.6 Å². The van der Waals surface area contributed by atoms with E-state index in [2.05, 4.69) is 229 Å². The number of anilines is 3. The summed E-state index contributed by atoms with van der Waals surface area (Å²) in [5, 5.41) is 2.55. The largest absolute Gasteiger partial charge is 0.310 e. The van der Waals surface area contributed by atoms with Gasteiger partial charge in [0.15, 0.2) is 0 Å². The summed E-state index contributed by atoms with van der Waals surface area (Å²) in [6.07, 6.45) is 0. The first-order chi connectivity index (χ1) is 27.8. The molecular weight excluding hydrogens is 695 g/mol. The minimum Gasteiger partial charge on any atom is -0.310 e. The van der Waals surface area contributed by atoms with E-state index in [1.807, 2.05) is 11.3 Å². The molecule has 10 aromatic rings. The highest BCUT2D eigenvalue weighted by molar-refractivity contribution is 7.25. The van der Waals surface area contributed by atoms with E-state index >= 15 is 0 Å². The highest BCUT2D eigenvalue weighted by Crippen LogP contribution is 2.48. The average molecular weight is 732 g/mol. The summed E-state index contributed by atoms with van der Waals surface area (Å²) >= 11 is 1.85. The highest BCUT2D eigenvalue weighted by atomic mass is 32.1. The number of fused-ring (bicyclic) bond motifs is 3. The van der Waals surface area contributed by atoms with Gasteiger partial charge in [0.05, 0.1) is 5.69 Å². The van der Waals surface area contributed by atoms with Gasteiger partial charge in [0.2, 0.25) is 0 Å². The second kappa shape index (κ2) is 14.7. The number of benzene rings is 9. The molecule has 0 bridgehead atoms. The molecule has 0 N–H and O–H groups in total. The maximum absolute atomic E-state index is 2.47. The average Bonchev–Trinajstić information content (AvgIpc) is 3.66. The molecule has 0 aliphatic heterocycles. The van der Waals surface area contributed by atoms with Crippen molar-refractivity contribution in [2.24, 2.45) is 0 Å². The Morgan fingerprint density at radius 1 is 0.268 bits per heavy atom. The third-order valence-corrected chi connectivity index (χ3v) is 11.8. The molecule has 264 valence electrons. The van der Waals surface area contributed by atoms with E-state index in [-0.39, 0.29) is 0 Å². The van der Waals surface area contributed by atoms with Crippen molar-refractivity contribution in [3.05, 3.63) is 224 Å². The van der Waals surface area contributed by atoms with Crippen LogP contribution in [0.4, 0.5) is 17.1 Å². The molecule has 0 aliphatic carbocycles. The van der Waals surface area contributed by atoms with Crippen molar-refractivity contribution in [2.75, 3.05) is 4.90 Å². The van der Waals surface area contributed by atoms with Crippen LogP contribution in [0.5, 0.6) is 0 Å². The first-order valence-corrected chi connectivity index (χ1v) is 19.9. The van der Waals surface area contributed by atoms with Crippen LogP contribution in [0.3, 0.4) is 0 Å². The van der Waals surface area contributed by atoms with E-state index in [1.165, 1.54) is 70.2 Å². The lowest BCUT2D eigenvalue weighted by Gasteiger charge is -2.29. The van der Waals surface area contributed by atoms with E-state index in [9.17, 15) is 0 Å². The lowest BCUT2D eigenvalue weighted by molar-refractivity contribution is 1.29. The van der Waals surface area contributed by atoms with Crippen molar-refractivity contribution in [1.82, 2.24) is 0 Å². The Morgan fingerprint density at radius 2 is 0.732 bits per heavy atom. The van der Waals surface area contributed by atoms with Gasteiger partial charge in [-0.3, -0.25) is 0 Å². The Balaban J connectivity index is 1.24. The zero-order valence-corrected chi connectivity index (χ0v) is 31.5. The number of thiophene rings is 1. The molecule has 0 aliphatic rings. The summed E-state index contributed by atoms with van der Waals surface area (Å²) in [6.45, 7) is 0. The van der Waals surface area contributed by atoms with Gasteiger partial charge in [0.1, 0.15) is 0 Å². The molecule has 9 aromatic carbocycles. The van der Waals surface area contributed by atoms with E-state index in [1.54, 1.807) is 0 Å². The molecule has 1 aromatic heterocycles. The smallest absolute Gasteiger partial charge is 0.0540 e. The van der Waals surface area contributed by atoms with E-state index in [4.69, 9.17) is 0 Å². The van der Waals surface area contributed by atoms with Crippen molar-refractivity contribution in [2.45, 2.75) is 0 Å². The lowest BCUT2D eigenvalue weighted by atomic mass is 9.88. The van der Waals surface area contributed by atoms with Crippen LogP contribution in [0.15, 0.2) is 224 Å². The maximum atomic E-state index is 2.47. The number of hydrogen-bond acceptors (Lipinski definition) is 2. The van der Waals surface area contributed by atoms with Gasteiger partial charge in [-0.25, -0.2) is 0 Å². The van der Waals surface area contributed by atoms with E-state index in [0.29, 0.717) is 0 Å². The first kappa shape index (κ1) is 33.6. The molecule has 10 rings (SSSR count). The Bertz CT molecular complexity index is 2910. The fourth-order valence-corrected chi connectivity index (χ4v) is 9.14. The summed E-state index contributed by atoms with van der Waals surface area (Å²) in [7, 11) is 0. The molecule has 56 heavy (non-hydrogen) atoms. The Hall–Kier alpha value is -7.00. The van der Waals surface area contributed by atoms with Crippen LogP contribution in [0.1, 0.15) is 0 Å². The summed E-state index contributed by atoms with van der Waals surface area (Å²) < 4.78 is 2.59. The zero-order chi connectivity index (χ0) is 37.3. The molecule has 0 saturated carbocycles. The molecule has 0 fully saturated rings. The molecule has 1 nitrogen and oxygen atoms in total. The van der Waals surface area contributed by atoms with Gasteiger partial charge in [0.25, 0.3) is 0 Å². The molecule has 0 radical (unpaired) electrons. The minimum absolute atomic E-state index is 1.10. The molecule has 0 unspecified atom stereocenters. The van der Waals surface area contributed by atoms with Crippen molar-refractivity contribution in [3.63, 3.8) is 0 Å². The van der Waals surface area contributed by atoms with Gasteiger partial charge in [-0.15, -0.1) is 11.3 Å². The SMILES string of the molecule is c1ccc(-c2cc(-c3ccccc3)cc(N(c3ccc4sc5ccccc5c4c3)c3ccccc3-c3ccccc3-c3ccccc3-c3ccccc3)c2)cc1. The predicted molar refractivity (Wildman–Crippen MR) is 241 cm³/mol. The topological polar surface area (TPSA) is 3.24 Å². The first-order valence-electron chi connectivity index (χ1n) is 19.1. The maximum Gasteiger partial charge on any atom is 0.0540 e. The second-order valence-electron chi connectivity index (χ2n) is 14.1. The van der Waals surface area contributed by atoms with Crippen LogP contribution in [0.25, 0.3) is 75.8 Å². The monoisotopic (exact) mass is 731 g/mol. The molecular formula is C54H37NS. The fourth-order valence-electron chi connectivity index (χ4n) is 8.05. The fraction of sp³-hybridized carbons (Fsp3) is 0. The Labute approximate surface area is 332 Å². The van der Waals surface area contributed by atoms with Crippen molar-refractivity contribution < 1.29 is 0 Å². The number of nitrogens with zero attached hydrogens (tertiary/aromatic N) is 1. The summed E-state index contributed by atoms with van der Waals surface area (Å²) in [5.41, 5.74) is 15.2. The molecule has 1 heterocycles. The van der Waals surface area contributed by atoms with Gasteiger partial charge in [-0.05, 0) is 98.6 Å². The lowest BCUT2D eigenvalue weighted by Crippen LogP contribution is -2.12. The van der Waals surface area contributed by atoms with Gasteiger partial charge in [-0.2, -0.15) is 0 Å². The van der Waals surface area contributed by atoms with Gasteiger partial charge in [-0.1, -0.05) is 176 Å². The van der Waals surface area contributed by atoms with Crippen LogP contribution in [-0.2, 0) is 0 Å². The molecule has 0 atom stereocenters. The van der Waals surface area contributed by atoms with Crippen LogP contribution >= 0.6 is 11.3 Å². The van der Waals surface area contributed by atoms with Crippen molar-refractivity contribution in [1.29, 1.82) is 0 Å². The minimum atomic E-state index is 1.10. The Kier molecular flexibility index (Phi) is 8.79. The van der Waals surface area contributed by atoms with Gasteiger partial charge >= 0.3 is 0 Å². The highest BCUT2D eigenvalue weighted by Gasteiger charge is 2.22. The Morgan fingerprint density at radius 3 is 1.38 bits per heavy atom. The van der Waals surface area contributed by atoms with Crippen LogP contribution in [-0.4, -0.2) is 0 Å². The van der Waals surface area contributed by atoms with Gasteiger partial charge < -0.3 is 4.90 Å². The van der Waals surface area contributed by atoms with Crippen LogP contribution in [0.2, 0.25) is 0 Å². The number of rotatable bonds is 8. The normalized spacial score (nSPS) is 11.2. The third-order valence-electron chi connectivity index (χ3n) is 10.7. The summed E-state index contributed by atoms with van der Waals surface area (Å²) in [5.74, 6) is 0. The molecule has 0 amide bonds. The van der Waals surface area contributed by atoms with Crippen molar-refractivity contribution in [3.8, 4) is 55.6 Å².